The Labute approximate surface area is 162 Å². The zero-order chi connectivity index (χ0) is 19.4. The number of hydrogen-bond acceptors (Lipinski definition) is 8. The third kappa shape index (κ3) is 4.82. The van der Waals surface area contributed by atoms with Crippen LogP contribution in [0.3, 0.4) is 0 Å². The summed E-state index contributed by atoms with van der Waals surface area (Å²) >= 11 is 6.93. The molecule has 0 saturated heterocycles. The normalized spacial score (nSPS) is 12.8. The van der Waals surface area contributed by atoms with Crippen molar-refractivity contribution >= 4 is 40.4 Å². The quantitative estimate of drug-likeness (QED) is 0.294. The van der Waals surface area contributed by atoms with Crippen LogP contribution in [0.1, 0.15) is 33.6 Å². The van der Waals surface area contributed by atoms with Crippen LogP contribution < -0.4 is 4.74 Å². The molecule has 8 nitrogen and oxygen atoms in total. The van der Waals surface area contributed by atoms with E-state index in [-0.39, 0.29) is 44.3 Å². The van der Waals surface area contributed by atoms with E-state index in [4.69, 9.17) is 25.8 Å². The fourth-order valence-corrected chi connectivity index (χ4v) is 3.54. The molecule has 3 rings (SSSR count). The van der Waals surface area contributed by atoms with Crippen LogP contribution in [-0.2, 0) is 27.5 Å². The van der Waals surface area contributed by atoms with Crippen LogP contribution in [0.2, 0.25) is 4.34 Å². The highest BCUT2D eigenvalue weighted by atomic mass is 35.5. The highest BCUT2D eigenvalue weighted by Crippen LogP contribution is 2.33. The van der Waals surface area contributed by atoms with E-state index in [0.717, 1.165) is 11.3 Å². The average molecular weight is 412 g/mol. The van der Waals surface area contributed by atoms with Gasteiger partial charge >= 0.3 is 5.97 Å². The first-order valence-electron chi connectivity index (χ1n) is 7.89. The number of halogens is 1. The summed E-state index contributed by atoms with van der Waals surface area (Å²) in [6.07, 6.45) is -0.109. The Balaban J connectivity index is 1.60. The molecule has 0 N–H and O–H groups in total. The fourth-order valence-electron chi connectivity index (χ4n) is 2.53. The van der Waals surface area contributed by atoms with Crippen molar-refractivity contribution in [2.45, 2.75) is 26.1 Å². The number of non-ortho nitro benzene ring substituents is 1. The van der Waals surface area contributed by atoms with Gasteiger partial charge in [-0.25, -0.2) is 0 Å². The van der Waals surface area contributed by atoms with Gasteiger partial charge in [-0.05, 0) is 12.1 Å². The number of thiophene rings is 1. The van der Waals surface area contributed by atoms with E-state index in [1.807, 2.05) is 0 Å². The second kappa shape index (κ2) is 8.47. The molecule has 2 aromatic rings. The van der Waals surface area contributed by atoms with Gasteiger partial charge in [-0.15, -0.1) is 11.3 Å². The van der Waals surface area contributed by atoms with Crippen molar-refractivity contribution in [2.24, 2.45) is 0 Å². The van der Waals surface area contributed by atoms with Crippen LogP contribution >= 0.6 is 22.9 Å². The number of esters is 1. The highest BCUT2D eigenvalue weighted by molar-refractivity contribution is 7.18. The van der Waals surface area contributed by atoms with Gasteiger partial charge in [0.1, 0.15) is 12.4 Å². The molecular formula is C17H14ClNO7S. The molecule has 142 valence electrons. The first kappa shape index (κ1) is 19.3. The number of ketones is 1. The summed E-state index contributed by atoms with van der Waals surface area (Å²) in [7, 11) is 0. The molecule has 0 atom stereocenters. The van der Waals surface area contributed by atoms with Gasteiger partial charge in [-0.1, -0.05) is 11.6 Å². The standard InChI is InChI=1S/C17H14ClNO7S/c18-15-3-2-14(27-15)13(20)1-4-16(21)25-8-11-6-12(19(22)23)5-10-7-24-9-26-17(10)11/h2-3,5-6H,1,4,7-9H2. The van der Waals surface area contributed by atoms with Gasteiger partial charge in [-0.2, -0.15) is 0 Å². The average Bonchev–Trinajstić information content (AvgIpc) is 3.10. The van der Waals surface area contributed by atoms with Crippen molar-refractivity contribution in [3.8, 4) is 5.75 Å². The third-order valence-corrected chi connectivity index (χ3v) is 5.05. The SMILES string of the molecule is O=C(CCC(=O)c1ccc(Cl)s1)OCc1cc([N+](=O)[O-])cc2c1OCOC2. The van der Waals surface area contributed by atoms with Gasteiger partial charge < -0.3 is 14.2 Å². The van der Waals surface area contributed by atoms with Gasteiger partial charge in [-0.3, -0.25) is 19.7 Å². The first-order chi connectivity index (χ1) is 12.9. The number of ether oxygens (including phenoxy) is 3. The molecule has 0 unspecified atom stereocenters. The van der Waals surface area contributed by atoms with Crippen molar-refractivity contribution in [1.29, 1.82) is 0 Å². The van der Waals surface area contributed by atoms with Crippen LogP contribution in [0.25, 0.3) is 0 Å². The molecule has 1 aromatic carbocycles. The van der Waals surface area contributed by atoms with E-state index in [2.05, 4.69) is 0 Å². The molecule has 0 spiro atoms. The van der Waals surface area contributed by atoms with Crippen LogP contribution in [0.15, 0.2) is 24.3 Å². The predicted octanol–water partition coefficient (Wildman–Crippen LogP) is 3.88. The number of hydrogen-bond donors (Lipinski definition) is 0. The van der Waals surface area contributed by atoms with Crippen LogP contribution in [0.5, 0.6) is 5.75 Å². The topological polar surface area (TPSA) is 105 Å². The van der Waals surface area contributed by atoms with E-state index in [1.54, 1.807) is 12.1 Å². The van der Waals surface area contributed by atoms with Crippen LogP contribution in [0, 0.1) is 10.1 Å². The van der Waals surface area contributed by atoms with Crippen LogP contribution in [0.4, 0.5) is 5.69 Å². The van der Waals surface area contributed by atoms with Crippen molar-refractivity contribution < 1.29 is 28.7 Å². The van der Waals surface area contributed by atoms with Gasteiger partial charge in [0.25, 0.3) is 5.69 Å². The van der Waals surface area contributed by atoms with E-state index >= 15 is 0 Å². The Morgan fingerprint density at radius 1 is 1.30 bits per heavy atom. The molecule has 27 heavy (non-hydrogen) atoms. The Kier molecular flexibility index (Phi) is 6.04. The second-order valence-corrected chi connectivity index (χ2v) is 7.36. The molecule has 1 aromatic heterocycles. The lowest BCUT2D eigenvalue weighted by atomic mass is 10.1. The summed E-state index contributed by atoms with van der Waals surface area (Å²) in [5, 5.41) is 11.1. The van der Waals surface area contributed by atoms with E-state index in [9.17, 15) is 19.7 Å². The maximum absolute atomic E-state index is 12.0. The summed E-state index contributed by atoms with van der Waals surface area (Å²) in [5.74, 6) is -0.362. The Morgan fingerprint density at radius 3 is 2.81 bits per heavy atom. The molecule has 0 radical (unpaired) electrons. The molecule has 1 aliphatic heterocycles. The molecule has 0 saturated carbocycles. The lowest BCUT2D eigenvalue weighted by Crippen LogP contribution is -2.15. The third-order valence-electron chi connectivity index (χ3n) is 3.78. The number of Topliss-reactive ketones (excluding diaryl/α,β-unsaturated/α-hetero) is 1. The fraction of sp³-hybridized carbons (Fsp3) is 0.294. The number of carbonyl (C=O) groups is 2. The number of carbonyl (C=O) groups excluding carboxylic acids is 2. The smallest absolute Gasteiger partial charge is 0.306 e. The summed E-state index contributed by atoms with van der Waals surface area (Å²) < 4.78 is 16.2. The molecule has 0 fully saturated rings. The van der Waals surface area contributed by atoms with E-state index in [1.165, 1.54) is 12.1 Å². The summed E-state index contributed by atoms with van der Waals surface area (Å²) in [6.45, 7) is 0.00132. The highest BCUT2D eigenvalue weighted by Gasteiger charge is 2.22. The van der Waals surface area contributed by atoms with Gasteiger partial charge in [0.05, 0.1) is 27.2 Å². The monoisotopic (exact) mass is 411 g/mol. The molecule has 0 amide bonds. The first-order valence-corrected chi connectivity index (χ1v) is 9.08. The van der Waals surface area contributed by atoms with Gasteiger partial charge in [0.2, 0.25) is 0 Å². The summed E-state index contributed by atoms with van der Waals surface area (Å²) in [6, 6.07) is 5.89. The zero-order valence-electron chi connectivity index (χ0n) is 13.9. The largest absolute Gasteiger partial charge is 0.467 e. The Hall–Kier alpha value is -2.49. The molecular weight excluding hydrogens is 398 g/mol. The second-order valence-electron chi connectivity index (χ2n) is 5.65. The number of benzene rings is 1. The lowest BCUT2D eigenvalue weighted by Gasteiger charge is -2.20. The number of nitro groups is 1. The van der Waals surface area contributed by atoms with Crippen molar-refractivity contribution in [3.63, 3.8) is 0 Å². The minimum atomic E-state index is -0.585. The Bertz CT molecular complexity index is 895. The molecule has 1 aliphatic rings. The number of rotatable bonds is 7. The van der Waals surface area contributed by atoms with Crippen LogP contribution in [-0.4, -0.2) is 23.5 Å². The van der Waals surface area contributed by atoms with E-state index in [0.29, 0.717) is 26.1 Å². The minimum absolute atomic E-state index is 0.00688. The lowest BCUT2D eigenvalue weighted by molar-refractivity contribution is -0.385. The molecule has 0 bridgehead atoms. The maximum atomic E-state index is 12.0. The predicted molar refractivity (Wildman–Crippen MR) is 96.1 cm³/mol. The van der Waals surface area contributed by atoms with Crippen molar-refractivity contribution in [1.82, 2.24) is 0 Å². The minimum Gasteiger partial charge on any atom is -0.467 e. The summed E-state index contributed by atoms with van der Waals surface area (Å²) in [5.41, 5.74) is 0.761. The van der Waals surface area contributed by atoms with Gasteiger partial charge in [0, 0.05) is 29.7 Å². The van der Waals surface area contributed by atoms with Crippen molar-refractivity contribution in [3.05, 3.63) is 54.7 Å². The van der Waals surface area contributed by atoms with E-state index < -0.39 is 10.9 Å². The maximum Gasteiger partial charge on any atom is 0.306 e. The number of nitro benzene ring substituents is 1. The van der Waals surface area contributed by atoms with Crippen molar-refractivity contribution in [2.75, 3.05) is 6.79 Å². The Morgan fingerprint density at radius 2 is 2.11 bits per heavy atom. The number of nitrogens with zero attached hydrogens (tertiary/aromatic N) is 1. The molecule has 0 aliphatic carbocycles. The zero-order valence-corrected chi connectivity index (χ0v) is 15.5. The molecule has 10 heteroatoms. The molecule has 2 heterocycles. The summed E-state index contributed by atoms with van der Waals surface area (Å²) in [4.78, 5) is 34.9. The number of fused-ring (bicyclic) bond motifs is 1. The van der Waals surface area contributed by atoms with Gasteiger partial charge in [0.15, 0.2) is 12.6 Å².